The standard InChI is InChI=1S/C31H26N2/c1-2-23(24-11-5-3-6-12-24)17-18-27-26(28-15-9-10-16-30(28)32)19-20-31-29(27)21-22-33(31)25-13-7-4-8-14-25/h2-22H,32H2,1H3/b18-17?,23-2+. The quantitative estimate of drug-likeness (QED) is 0.224. The van der Waals surface area contributed by atoms with Crippen LogP contribution in [-0.4, -0.2) is 4.57 Å². The van der Waals surface area contributed by atoms with E-state index in [4.69, 9.17) is 5.73 Å². The molecule has 0 saturated carbocycles. The normalized spacial score (nSPS) is 12.0. The largest absolute Gasteiger partial charge is 0.398 e. The van der Waals surface area contributed by atoms with Gasteiger partial charge in [-0.3, -0.25) is 0 Å². The number of benzene rings is 4. The molecule has 0 aliphatic rings. The molecule has 1 heterocycles. The Hall–Kier alpha value is -4.30. The fourth-order valence-corrected chi connectivity index (χ4v) is 4.37. The van der Waals surface area contributed by atoms with Crippen LogP contribution in [0.4, 0.5) is 5.69 Å². The van der Waals surface area contributed by atoms with Crippen molar-refractivity contribution in [3.05, 3.63) is 133 Å². The summed E-state index contributed by atoms with van der Waals surface area (Å²) in [6.45, 7) is 2.08. The second-order valence-electron chi connectivity index (χ2n) is 8.01. The van der Waals surface area contributed by atoms with Crippen LogP contribution >= 0.6 is 0 Å². The molecule has 0 amide bonds. The van der Waals surface area contributed by atoms with Gasteiger partial charge in [-0.2, -0.15) is 0 Å². The van der Waals surface area contributed by atoms with Crippen LogP contribution < -0.4 is 5.73 Å². The number of para-hydroxylation sites is 2. The lowest BCUT2D eigenvalue weighted by Gasteiger charge is -2.13. The second kappa shape index (κ2) is 9.05. The van der Waals surface area contributed by atoms with E-state index in [-0.39, 0.29) is 0 Å². The summed E-state index contributed by atoms with van der Waals surface area (Å²) in [5.74, 6) is 0. The molecule has 0 fully saturated rings. The number of nitrogens with zero attached hydrogens (tertiary/aromatic N) is 1. The molecule has 160 valence electrons. The third-order valence-corrected chi connectivity index (χ3v) is 6.05. The van der Waals surface area contributed by atoms with Crippen LogP contribution in [0.2, 0.25) is 0 Å². The zero-order valence-electron chi connectivity index (χ0n) is 18.6. The van der Waals surface area contributed by atoms with E-state index in [1.165, 1.54) is 22.0 Å². The number of fused-ring (bicyclic) bond motifs is 1. The van der Waals surface area contributed by atoms with Crippen LogP contribution in [0.15, 0.2) is 121 Å². The van der Waals surface area contributed by atoms with Crippen LogP contribution in [0, 0.1) is 0 Å². The van der Waals surface area contributed by atoms with Gasteiger partial charge in [0, 0.05) is 28.5 Å². The van der Waals surface area contributed by atoms with Gasteiger partial charge in [0.1, 0.15) is 0 Å². The van der Waals surface area contributed by atoms with Crippen LogP contribution in [-0.2, 0) is 0 Å². The molecule has 5 aromatic rings. The summed E-state index contributed by atoms with van der Waals surface area (Å²) in [6.07, 6.45) is 8.72. The van der Waals surface area contributed by atoms with Crippen LogP contribution in [0.5, 0.6) is 0 Å². The fraction of sp³-hybridized carbons (Fsp3) is 0.0323. The first-order chi connectivity index (χ1) is 16.3. The summed E-state index contributed by atoms with van der Waals surface area (Å²) in [5.41, 5.74) is 15.2. The number of anilines is 1. The lowest BCUT2D eigenvalue weighted by atomic mass is 9.94. The summed E-state index contributed by atoms with van der Waals surface area (Å²) in [5, 5.41) is 1.19. The molecule has 0 aliphatic carbocycles. The van der Waals surface area contributed by atoms with Crippen molar-refractivity contribution in [2.24, 2.45) is 0 Å². The molecule has 4 aromatic carbocycles. The number of hydrogen-bond donors (Lipinski definition) is 1. The third kappa shape index (κ3) is 3.99. The Morgan fingerprint density at radius 3 is 2.15 bits per heavy atom. The molecule has 0 saturated heterocycles. The average molecular weight is 427 g/mol. The van der Waals surface area contributed by atoms with E-state index >= 15 is 0 Å². The molecular formula is C31H26N2. The Kier molecular flexibility index (Phi) is 5.65. The van der Waals surface area contributed by atoms with Gasteiger partial charge in [0.25, 0.3) is 0 Å². The number of aromatic nitrogens is 1. The smallest absolute Gasteiger partial charge is 0.0534 e. The van der Waals surface area contributed by atoms with Crippen molar-refractivity contribution < 1.29 is 0 Å². The number of allylic oxidation sites excluding steroid dienone is 3. The average Bonchev–Trinajstić information content (AvgIpc) is 3.30. The number of hydrogen-bond acceptors (Lipinski definition) is 1. The SMILES string of the molecule is C/C=C(\C=Cc1c(-c2ccccc2N)ccc2c1ccn2-c1ccccc1)c1ccccc1. The Balaban J connectivity index is 1.71. The van der Waals surface area contributed by atoms with Gasteiger partial charge in [0.15, 0.2) is 0 Å². The molecule has 1 aromatic heterocycles. The van der Waals surface area contributed by atoms with Crippen LogP contribution in [0.1, 0.15) is 18.1 Å². The fourth-order valence-electron chi connectivity index (χ4n) is 4.37. The first-order valence-corrected chi connectivity index (χ1v) is 11.2. The molecule has 2 nitrogen and oxygen atoms in total. The Morgan fingerprint density at radius 1 is 0.727 bits per heavy atom. The number of nitrogens with two attached hydrogens (primary N) is 1. The minimum Gasteiger partial charge on any atom is -0.398 e. The molecule has 0 aliphatic heterocycles. The van der Waals surface area contributed by atoms with Crippen molar-refractivity contribution in [3.63, 3.8) is 0 Å². The van der Waals surface area contributed by atoms with Gasteiger partial charge in [-0.1, -0.05) is 91.0 Å². The van der Waals surface area contributed by atoms with E-state index in [1.54, 1.807) is 0 Å². The summed E-state index contributed by atoms with van der Waals surface area (Å²) in [6, 6.07) is 35.6. The molecule has 0 radical (unpaired) electrons. The highest BCUT2D eigenvalue weighted by atomic mass is 15.0. The van der Waals surface area contributed by atoms with Gasteiger partial charge < -0.3 is 10.3 Å². The van der Waals surface area contributed by atoms with E-state index in [9.17, 15) is 0 Å². The summed E-state index contributed by atoms with van der Waals surface area (Å²) in [4.78, 5) is 0. The van der Waals surface area contributed by atoms with Crippen molar-refractivity contribution in [2.45, 2.75) is 6.92 Å². The Morgan fingerprint density at radius 2 is 1.42 bits per heavy atom. The second-order valence-corrected chi connectivity index (χ2v) is 8.01. The molecule has 0 atom stereocenters. The summed E-state index contributed by atoms with van der Waals surface area (Å²) >= 11 is 0. The van der Waals surface area contributed by atoms with Crippen molar-refractivity contribution in [1.82, 2.24) is 4.57 Å². The topological polar surface area (TPSA) is 30.9 Å². The highest BCUT2D eigenvalue weighted by molar-refractivity contribution is 6.00. The van der Waals surface area contributed by atoms with Gasteiger partial charge in [0.2, 0.25) is 0 Å². The van der Waals surface area contributed by atoms with Gasteiger partial charge in [-0.25, -0.2) is 0 Å². The molecule has 5 rings (SSSR count). The maximum Gasteiger partial charge on any atom is 0.0534 e. The molecule has 2 heteroatoms. The zero-order valence-corrected chi connectivity index (χ0v) is 18.6. The van der Waals surface area contributed by atoms with E-state index in [0.717, 1.165) is 28.1 Å². The highest BCUT2D eigenvalue weighted by Gasteiger charge is 2.13. The highest BCUT2D eigenvalue weighted by Crippen LogP contribution is 2.36. The monoisotopic (exact) mass is 426 g/mol. The Bertz CT molecular complexity index is 1460. The first-order valence-electron chi connectivity index (χ1n) is 11.2. The predicted molar refractivity (Wildman–Crippen MR) is 142 cm³/mol. The molecular weight excluding hydrogens is 400 g/mol. The van der Waals surface area contributed by atoms with Gasteiger partial charge in [-0.05, 0) is 59.5 Å². The lowest BCUT2D eigenvalue weighted by molar-refractivity contribution is 1.13. The summed E-state index contributed by atoms with van der Waals surface area (Å²) in [7, 11) is 0. The van der Waals surface area contributed by atoms with Crippen molar-refractivity contribution in [1.29, 1.82) is 0 Å². The molecule has 0 unspecified atom stereocenters. The van der Waals surface area contributed by atoms with Gasteiger partial charge in [-0.15, -0.1) is 0 Å². The van der Waals surface area contributed by atoms with E-state index in [1.807, 2.05) is 30.3 Å². The molecule has 0 spiro atoms. The van der Waals surface area contributed by atoms with Crippen molar-refractivity contribution in [2.75, 3.05) is 5.73 Å². The maximum absolute atomic E-state index is 6.39. The predicted octanol–water partition coefficient (Wildman–Crippen LogP) is 8.00. The number of rotatable bonds is 5. The maximum atomic E-state index is 6.39. The molecule has 33 heavy (non-hydrogen) atoms. The third-order valence-electron chi connectivity index (χ3n) is 6.05. The minimum atomic E-state index is 0.781. The Labute approximate surface area is 194 Å². The first kappa shape index (κ1) is 20.6. The van der Waals surface area contributed by atoms with E-state index in [2.05, 4.69) is 109 Å². The van der Waals surface area contributed by atoms with Crippen molar-refractivity contribution in [3.8, 4) is 16.8 Å². The lowest BCUT2D eigenvalue weighted by Crippen LogP contribution is -1.94. The summed E-state index contributed by atoms with van der Waals surface area (Å²) < 4.78 is 2.23. The van der Waals surface area contributed by atoms with E-state index < -0.39 is 0 Å². The van der Waals surface area contributed by atoms with Gasteiger partial charge in [0.05, 0.1) is 5.52 Å². The van der Waals surface area contributed by atoms with Gasteiger partial charge >= 0.3 is 0 Å². The van der Waals surface area contributed by atoms with Crippen molar-refractivity contribution >= 4 is 28.2 Å². The van der Waals surface area contributed by atoms with E-state index in [0.29, 0.717) is 0 Å². The van der Waals surface area contributed by atoms with Crippen LogP contribution in [0.25, 0.3) is 39.4 Å². The molecule has 2 N–H and O–H groups in total. The minimum absolute atomic E-state index is 0.781. The van der Waals surface area contributed by atoms with Crippen LogP contribution in [0.3, 0.4) is 0 Å². The molecule has 0 bridgehead atoms. The zero-order chi connectivity index (χ0) is 22.6. The number of nitrogen functional groups attached to an aromatic ring is 1.